The first-order valence-corrected chi connectivity index (χ1v) is 18.6. The van der Waals surface area contributed by atoms with Crippen LogP contribution in [-0.2, 0) is 0 Å². The van der Waals surface area contributed by atoms with E-state index in [0.717, 1.165) is 61.1 Å². The van der Waals surface area contributed by atoms with Gasteiger partial charge in [-0.2, -0.15) is 0 Å². The molecule has 0 saturated carbocycles. The first-order valence-electron chi connectivity index (χ1n) is 18.6. The monoisotopic (exact) mass is 703 g/mol. The summed E-state index contributed by atoms with van der Waals surface area (Å²) in [7, 11) is 0. The smallest absolute Gasteiger partial charge is 0.227 e. The van der Waals surface area contributed by atoms with Crippen LogP contribution in [0.1, 0.15) is 0 Å². The minimum atomic E-state index is 0.634. The van der Waals surface area contributed by atoms with E-state index in [-0.39, 0.29) is 0 Å². The largest absolute Gasteiger partial charge is 0.435 e. The second-order valence-electron chi connectivity index (χ2n) is 14.0. The Morgan fingerprint density at radius 1 is 0.436 bits per heavy atom. The number of oxazole rings is 1. The Kier molecular flexibility index (Phi) is 7.14. The third-order valence-corrected chi connectivity index (χ3v) is 10.8. The summed E-state index contributed by atoms with van der Waals surface area (Å²) in [4.78, 5) is 7.24. The standard InChI is InChI=1S/C51H33N3O/c1-4-14-34(15-5-1)41-20-10-12-22-47(41)53(39-26-31-49-45(33-39)43-21-11-13-23-48(43)54(49)37-18-8-3-9-19-37)38-25-28-40-36(32-38)24-27-44-42(40)29-30-46-50(44)55-51(52-46)35-16-6-2-7-17-35/h1-33H. The molecule has 4 nitrogen and oxygen atoms in total. The number of hydrogen-bond donors (Lipinski definition) is 0. The van der Waals surface area contributed by atoms with Crippen LogP contribution < -0.4 is 4.90 Å². The van der Waals surface area contributed by atoms with Crippen LogP contribution in [0.5, 0.6) is 0 Å². The van der Waals surface area contributed by atoms with Crippen LogP contribution in [-0.4, -0.2) is 9.55 Å². The van der Waals surface area contributed by atoms with Crippen molar-refractivity contribution in [3.05, 3.63) is 200 Å². The van der Waals surface area contributed by atoms with Gasteiger partial charge in [-0.3, -0.25) is 0 Å². The molecule has 11 aromatic rings. The van der Waals surface area contributed by atoms with Gasteiger partial charge in [0.15, 0.2) is 5.58 Å². The summed E-state index contributed by atoms with van der Waals surface area (Å²) in [6.07, 6.45) is 0. The summed E-state index contributed by atoms with van der Waals surface area (Å²) in [5, 5.41) is 6.93. The average molecular weight is 704 g/mol. The summed E-state index contributed by atoms with van der Waals surface area (Å²) >= 11 is 0. The molecule has 0 radical (unpaired) electrons. The van der Waals surface area contributed by atoms with Crippen LogP contribution in [0.2, 0.25) is 0 Å². The fraction of sp³-hybridized carbons (Fsp3) is 0. The molecule has 4 heteroatoms. The Morgan fingerprint density at radius 3 is 1.91 bits per heavy atom. The Labute approximate surface area is 317 Å². The Hall–Kier alpha value is -7.43. The number of para-hydroxylation sites is 3. The Balaban J connectivity index is 1.12. The molecular formula is C51H33N3O. The molecule has 55 heavy (non-hydrogen) atoms. The molecule has 2 heterocycles. The first-order chi connectivity index (χ1) is 27.3. The molecule has 0 bridgehead atoms. The predicted octanol–water partition coefficient (Wildman–Crippen LogP) is 14.0. The topological polar surface area (TPSA) is 34.2 Å². The molecule has 0 aliphatic heterocycles. The van der Waals surface area contributed by atoms with E-state index in [9.17, 15) is 0 Å². The third kappa shape index (κ3) is 5.11. The van der Waals surface area contributed by atoms with E-state index < -0.39 is 0 Å². The predicted molar refractivity (Wildman–Crippen MR) is 229 cm³/mol. The maximum Gasteiger partial charge on any atom is 0.227 e. The van der Waals surface area contributed by atoms with Gasteiger partial charge in [0.2, 0.25) is 5.89 Å². The van der Waals surface area contributed by atoms with Crippen LogP contribution in [0.15, 0.2) is 205 Å². The highest BCUT2D eigenvalue weighted by atomic mass is 16.3. The molecule has 0 spiro atoms. The molecule has 0 atom stereocenters. The Morgan fingerprint density at radius 2 is 1.07 bits per heavy atom. The normalized spacial score (nSPS) is 11.6. The summed E-state index contributed by atoms with van der Waals surface area (Å²) in [6, 6.07) is 71.2. The Bertz CT molecular complexity index is 3200. The molecule has 258 valence electrons. The fourth-order valence-corrected chi connectivity index (χ4v) is 8.28. The van der Waals surface area contributed by atoms with Gasteiger partial charge in [0, 0.05) is 44.3 Å². The highest BCUT2D eigenvalue weighted by molar-refractivity contribution is 6.16. The number of hydrogen-bond acceptors (Lipinski definition) is 3. The van der Waals surface area contributed by atoms with E-state index in [0.29, 0.717) is 5.89 Å². The van der Waals surface area contributed by atoms with E-state index in [2.05, 4.69) is 179 Å². The van der Waals surface area contributed by atoms with Crippen LogP contribution in [0.25, 0.3) is 82.7 Å². The highest BCUT2D eigenvalue weighted by Gasteiger charge is 2.21. The van der Waals surface area contributed by atoms with E-state index >= 15 is 0 Å². The van der Waals surface area contributed by atoms with Crippen molar-refractivity contribution in [2.45, 2.75) is 0 Å². The number of benzene rings is 9. The van der Waals surface area contributed by atoms with Gasteiger partial charge in [0.25, 0.3) is 0 Å². The van der Waals surface area contributed by atoms with Crippen LogP contribution >= 0.6 is 0 Å². The zero-order chi connectivity index (χ0) is 36.3. The zero-order valence-electron chi connectivity index (χ0n) is 29.8. The molecule has 0 saturated heterocycles. The van der Waals surface area contributed by atoms with E-state index in [1.807, 2.05) is 30.3 Å². The average Bonchev–Trinajstić information content (AvgIpc) is 3.85. The molecular weight excluding hydrogens is 671 g/mol. The van der Waals surface area contributed by atoms with E-state index in [1.54, 1.807) is 0 Å². The molecule has 0 amide bonds. The van der Waals surface area contributed by atoms with Crippen molar-refractivity contribution in [1.82, 2.24) is 9.55 Å². The highest BCUT2D eigenvalue weighted by Crippen LogP contribution is 2.44. The summed E-state index contributed by atoms with van der Waals surface area (Å²) in [5.41, 5.74) is 11.7. The maximum absolute atomic E-state index is 6.42. The lowest BCUT2D eigenvalue weighted by Crippen LogP contribution is -2.11. The van der Waals surface area contributed by atoms with Crippen molar-refractivity contribution in [1.29, 1.82) is 0 Å². The lowest BCUT2D eigenvalue weighted by Gasteiger charge is -2.28. The lowest BCUT2D eigenvalue weighted by atomic mass is 9.99. The number of aromatic nitrogens is 2. The molecule has 9 aromatic carbocycles. The second-order valence-corrected chi connectivity index (χ2v) is 14.0. The van der Waals surface area contributed by atoms with E-state index in [1.165, 1.54) is 32.8 Å². The molecule has 2 aromatic heterocycles. The van der Waals surface area contributed by atoms with Gasteiger partial charge < -0.3 is 13.9 Å². The first kappa shape index (κ1) is 31.1. The van der Waals surface area contributed by atoms with Gasteiger partial charge in [0.1, 0.15) is 5.52 Å². The van der Waals surface area contributed by atoms with Gasteiger partial charge in [-0.25, -0.2) is 4.98 Å². The molecule has 11 rings (SSSR count). The van der Waals surface area contributed by atoms with Gasteiger partial charge in [0.05, 0.1) is 16.7 Å². The molecule has 0 unspecified atom stereocenters. The fourth-order valence-electron chi connectivity index (χ4n) is 8.28. The molecule has 0 aliphatic rings. The molecule has 0 aliphatic carbocycles. The second kappa shape index (κ2) is 12.6. The number of rotatable bonds is 6. The number of fused-ring (bicyclic) bond motifs is 8. The van der Waals surface area contributed by atoms with Crippen molar-refractivity contribution in [3.8, 4) is 28.3 Å². The summed E-state index contributed by atoms with van der Waals surface area (Å²) in [6.45, 7) is 0. The van der Waals surface area contributed by atoms with Crippen LogP contribution in [0.4, 0.5) is 17.1 Å². The summed E-state index contributed by atoms with van der Waals surface area (Å²) in [5.74, 6) is 0.634. The van der Waals surface area contributed by atoms with Crippen LogP contribution in [0, 0.1) is 0 Å². The maximum atomic E-state index is 6.42. The SMILES string of the molecule is c1ccc(-c2nc3ccc4c5ccc(N(c6ccc7c(c6)c6ccccc6n7-c6ccccc6)c6ccccc6-c6ccccc6)cc5ccc4c3o2)cc1. The van der Waals surface area contributed by atoms with Gasteiger partial charge in [-0.15, -0.1) is 0 Å². The quantitative estimate of drug-likeness (QED) is 0.162. The minimum Gasteiger partial charge on any atom is -0.435 e. The van der Waals surface area contributed by atoms with Gasteiger partial charge >= 0.3 is 0 Å². The molecule has 0 fully saturated rings. The van der Waals surface area contributed by atoms with Gasteiger partial charge in [-0.1, -0.05) is 121 Å². The third-order valence-electron chi connectivity index (χ3n) is 10.8. The van der Waals surface area contributed by atoms with Crippen molar-refractivity contribution in [2.75, 3.05) is 4.90 Å². The van der Waals surface area contributed by atoms with Crippen molar-refractivity contribution in [3.63, 3.8) is 0 Å². The van der Waals surface area contributed by atoms with E-state index in [4.69, 9.17) is 9.40 Å². The number of anilines is 3. The number of nitrogens with zero attached hydrogens (tertiary/aromatic N) is 3. The lowest BCUT2D eigenvalue weighted by molar-refractivity contribution is 0.623. The van der Waals surface area contributed by atoms with Crippen LogP contribution in [0.3, 0.4) is 0 Å². The minimum absolute atomic E-state index is 0.634. The van der Waals surface area contributed by atoms with Crippen molar-refractivity contribution >= 4 is 71.5 Å². The van der Waals surface area contributed by atoms with Crippen molar-refractivity contribution < 1.29 is 4.42 Å². The zero-order valence-corrected chi connectivity index (χ0v) is 29.8. The molecule has 0 N–H and O–H groups in total. The van der Waals surface area contributed by atoms with Crippen molar-refractivity contribution in [2.24, 2.45) is 0 Å². The summed E-state index contributed by atoms with van der Waals surface area (Å²) < 4.78 is 8.79. The van der Waals surface area contributed by atoms with Gasteiger partial charge in [-0.05, 0) is 101 Å².